The summed E-state index contributed by atoms with van der Waals surface area (Å²) in [7, 11) is 0. The molecule has 4 rings (SSSR count). The van der Waals surface area contributed by atoms with Crippen molar-refractivity contribution in [3.63, 3.8) is 0 Å². The second kappa shape index (κ2) is 9.71. The molecule has 7 heteroatoms. The number of nitrogens with zero attached hydrogens (tertiary/aromatic N) is 1. The average molecular weight is 512 g/mol. The maximum absolute atomic E-state index is 13.4. The molecule has 1 aliphatic heterocycles. The molecule has 0 aromatic heterocycles. The highest BCUT2D eigenvalue weighted by atomic mass is 79.9. The maximum Gasteiger partial charge on any atom is 0.293 e. The Morgan fingerprint density at radius 1 is 1.03 bits per heavy atom. The Bertz CT molecular complexity index is 1210. The van der Waals surface area contributed by atoms with Crippen LogP contribution in [0.3, 0.4) is 0 Å². The van der Waals surface area contributed by atoms with E-state index in [0.29, 0.717) is 21.8 Å². The van der Waals surface area contributed by atoms with E-state index in [0.717, 1.165) is 27.4 Å². The molecule has 4 nitrogen and oxygen atoms in total. The lowest BCUT2D eigenvalue weighted by molar-refractivity contribution is -0.123. The molecule has 162 valence electrons. The molecule has 1 heterocycles. The van der Waals surface area contributed by atoms with Crippen molar-refractivity contribution in [2.24, 2.45) is 0 Å². The fourth-order valence-electron chi connectivity index (χ4n) is 3.20. The quantitative estimate of drug-likeness (QED) is 0.345. The van der Waals surface area contributed by atoms with Gasteiger partial charge < -0.3 is 4.74 Å². The van der Waals surface area contributed by atoms with E-state index in [2.05, 4.69) is 15.9 Å². The van der Waals surface area contributed by atoms with Crippen molar-refractivity contribution in [1.29, 1.82) is 0 Å². The van der Waals surface area contributed by atoms with Crippen LogP contribution in [0.15, 0.2) is 76.1 Å². The van der Waals surface area contributed by atoms with Gasteiger partial charge in [0.2, 0.25) is 0 Å². The lowest BCUT2D eigenvalue weighted by Crippen LogP contribution is -2.27. The van der Waals surface area contributed by atoms with Gasteiger partial charge in [0.25, 0.3) is 11.1 Å². The lowest BCUT2D eigenvalue weighted by atomic mass is 10.1. The zero-order valence-corrected chi connectivity index (χ0v) is 19.6. The Kier molecular flexibility index (Phi) is 6.77. The zero-order valence-electron chi connectivity index (χ0n) is 17.2. The third-order valence-electron chi connectivity index (χ3n) is 4.88. The van der Waals surface area contributed by atoms with Crippen LogP contribution in [0.4, 0.5) is 9.18 Å². The van der Waals surface area contributed by atoms with Crippen molar-refractivity contribution in [2.75, 3.05) is 0 Å². The molecule has 0 unspecified atom stereocenters. The Morgan fingerprint density at radius 2 is 1.81 bits per heavy atom. The molecule has 0 aliphatic carbocycles. The number of benzene rings is 3. The van der Waals surface area contributed by atoms with E-state index >= 15 is 0 Å². The second-order valence-electron chi connectivity index (χ2n) is 7.35. The van der Waals surface area contributed by atoms with Gasteiger partial charge in [0.05, 0.1) is 11.4 Å². The molecule has 32 heavy (non-hydrogen) atoms. The van der Waals surface area contributed by atoms with Crippen molar-refractivity contribution in [3.8, 4) is 5.75 Å². The summed E-state index contributed by atoms with van der Waals surface area (Å²) in [5, 5.41) is -0.306. The van der Waals surface area contributed by atoms with Gasteiger partial charge in [-0.05, 0) is 66.2 Å². The fourth-order valence-corrected chi connectivity index (χ4v) is 4.41. The Balaban J connectivity index is 1.55. The maximum atomic E-state index is 13.4. The van der Waals surface area contributed by atoms with Gasteiger partial charge in [0.15, 0.2) is 0 Å². The van der Waals surface area contributed by atoms with E-state index in [1.807, 2.05) is 43.3 Å². The van der Waals surface area contributed by atoms with Gasteiger partial charge in [-0.25, -0.2) is 4.39 Å². The third kappa shape index (κ3) is 5.29. The summed E-state index contributed by atoms with van der Waals surface area (Å²) >= 11 is 4.34. The summed E-state index contributed by atoms with van der Waals surface area (Å²) in [6.07, 6.45) is 1.66. The summed E-state index contributed by atoms with van der Waals surface area (Å²) in [5.74, 6) is -0.135. The standard InChI is InChI=1S/C25H19BrFNO3S/c1-16-5-7-17(8-6-16)14-28-24(29)23(32-25(28)30)13-19-12-20(26)9-10-22(19)31-15-18-3-2-4-21(27)11-18/h2-13H,14-15H2,1H3/b23-13-. The first-order valence-electron chi connectivity index (χ1n) is 9.87. The molecule has 1 aliphatic rings. The smallest absolute Gasteiger partial charge is 0.293 e. The minimum atomic E-state index is -0.336. The summed E-state index contributed by atoms with van der Waals surface area (Å²) in [6, 6.07) is 19.3. The van der Waals surface area contributed by atoms with Crippen molar-refractivity contribution >= 4 is 44.9 Å². The van der Waals surface area contributed by atoms with E-state index in [9.17, 15) is 14.0 Å². The molecule has 0 radical (unpaired) electrons. The van der Waals surface area contributed by atoms with Gasteiger partial charge in [-0.3, -0.25) is 14.5 Å². The number of amides is 2. The number of rotatable bonds is 6. The molecule has 0 spiro atoms. The fraction of sp³-hybridized carbons (Fsp3) is 0.120. The van der Waals surface area contributed by atoms with Crippen molar-refractivity contribution in [3.05, 3.63) is 104 Å². The van der Waals surface area contributed by atoms with E-state index in [4.69, 9.17) is 4.74 Å². The largest absolute Gasteiger partial charge is 0.488 e. The van der Waals surface area contributed by atoms with Crippen molar-refractivity contribution in [2.45, 2.75) is 20.1 Å². The minimum absolute atomic E-state index is 0.176. The van der Waals surface area contributed by atoms with E-state index in [1.54, 1.807) is 24.3 Å². The number of carbonyl (C=O) groups is 2. The predicted molar refractivity (Wildman–Crippen MR) is 128 cm³/mol. The molecular formula is C25H19BrFNO3S. The monoisotopic (exact) mass is 511 g/mol. The number of hydrogen-bond donors (Lipinski definition) is 0. The number of hydrogen-bond acceptors (Lipinski definition) is 4. The first-order valence-corrected chi connectivity index (χ1v) is 11.5. The normalized spacial score (nSPS) is 15.0. The Morgan fingerprint density at radius 3 is 2.56 bits per heavy atom. The molecular weight excluding hydrogens is 493 g/mol. The summed E-state index contributed by atoms with van der Waals surface area (Å²) < 4.78 is 20.1. The van der Waals surface area contributed by atoms with Gasteiger partial charge in [-0.2, -0.15) is 0 Å². The van der Waals surface area contributed by atoms with Gasteiger partial charge in [0.1, 0.15) is 18.2 Å². The molecule has 3 aromatic rings. The van der Waals surface area contributed by atoms with E-state index in [-0.39, 0.29) is 30.1 Å². The third-order valence-corrected chi connectivity index (χ3v) is 6.28. The van der Waals surface area contributed by atoms with Gasteiger partial charge in [-0.15, -0.1) is 0 Å². The van der Waals surface area contributed by atoms with Crippen LogP contribution < -0.4 is 4.74 Å². The first kappa shape index (κ1) is 22.3. The molecule has 1 saturated heterocycles. The summed E-state index contributed by atoms with van der Waals surface area (Å²) in [5.41, 5.74) is 3.35. The summed E-state index contributed by atoms with van der Waals surface area (Å²) in [6.45, 7) is 2.39. The van der Waals surface area contributed by atoms with Gasteiger partial charge in [-0.1, -0.05) is 57.9 Å². The highest BCUT2D eigenvalue weighted by Crippen LogP contribution is 2.36. The van der Waals surface area contributed by atoms with Crippen LogP contribution in [-0.4, -0.2) is 16.0 Å². The van der Waals surface area contributed by atoms with Gasteiger partial charge >= 0.3 is 0 Å². The average Bonchev–Trinajstić information content (AvgIpc) is 3.02. The van der Waals surface area contributed by atoms with Crippen LogP contribution in [0.2, 0.25) is 0 Å². The topological polar surface area (TPSA) is 46.6 Å². The predicted octanol–water partition coefficient (Wildman–Crippen LogP) is 6.71. The van der Waals surface area contributed by atoms with Crippen LogP contribution in [0.1, 0.15) is 22.3 Å². The molecule has 0 saturated carbocycles. The SMILES string of the molecule is Cc1ccc(CN2C(=O)S/C(=C\c3cc(Br)ccc3OCc3cccc(F)c3)C2=O)cc1. The molecule has 3 aromatic carbocycles. The molecule has 1 fully saturated rings. The number of halogens is 2. The van der Waals surface area contributed by atoms with Crippen LogP contribution in [0.25, 0.3) is 6.08 Å². The van der Waals surface area contributed by atoms with Crippen LogP contribution in [0.5, 0.6) is 5.75 Å². The minimum Gasteiger partial charge on any atom is -0.488 e. The number of aryl methyl sites for hydroxylation is 1. The number of carbonyl (C=O) groups excluding carboxylic acids is 2. The van der Waals surface area contributed by atoms with Crippen molar-refractivity contribution in [1.82, 2.24) is 4.90 Å². The Labute approximate surface area is 198 Å². The Hall–Kier alpha value is -2.90. The van der Waals surface area contributed by atoms with Crippen LogP contribution >= 0.6 is 27.7 Å². The number of thioether (sulfide) groups is 1. The van der Waals surface area contributed by atoms with Crippen molar-refractivity contribution < 1.29 is 18.7 Å². The zero-order chi connectivity index (χ0) is 22.7. The summed E-state index contributed by atoms with van der Waals surface area (Å²) in [4.78, 5) is 27.0. The molecule has 0 bridgehead atoms. The van der Waals surface area contributed by atoms with Gasteiger partial charge in [0, 0.05) is 10.0 Å². The number of ether oxygens (including phenoxy) is 1. The molecule has 0 N–H and O–H groups in total. The highest BCUT2D eigenvalue weighted by molar-refractivity contribution is 9.10. The van der Waals surface area contributed by atoms with E-state index in [1.165, 1.54) is 17.0 Å². The van der Waals surface area contributed by atoms with Crippen LogP contribution in [0, 0.1) is 12.7 Å². The molecule has 2 amide bonds. The van der Waals surface area contributed by atoms with E-state index < -0.39 is 0 Å². The highest BCUT2D eigenvalue weighted by Gasteiger charge is 2.35. The number of imide groups is 1. The second-order valence-corrected chi connectivity index (χ2v) is 9.26. The lowest BCUT2D eigenvalue weighted by Gasteiger charge is -2.13. The van der Waals surface area contributed by atoms with Crippen LogP contribution in [-0.2, 0) is 17.9 Å². The first-order chi connectivity index (χ1) is 15.4. The molecule has 0 atom stereocenters.